The van der Waals surface area contributed by atoms with Crippen LogP contribution in [0.25, 0.3) is 0 Å². The molecule has 2 aromatic carbocycles. The van der Waals surface area contributed by atoms with Crippen LogP contribution in [0.1, 0.15) is 63.5 Å². The highest BCUT2D eigenvalue weighted by Crippen LogP contribution is 2.36. The number of anilines is 1. The van der Waals surface area contributed by atoms with Crippen LogP contribution in [0.3, 0.4) is 0 Å². The van der Waals surface area contributed by atoms with Crippen molar-refractivity contribution in [3.05, 3.63) is 71.9 Å². The summed E-state index contributed by atoms with van der Waals surface area (Å²) in [6, 6.07) is 17.2. The third kappa shape index (κ3) is 8.20. The van der Waals surface area contributed by atoms with Crippen LogP contribution < -0.4 is 14.8 Å². The van der Waals surface area contributed by atoms with E-state index in [1.54, 1.807) is 22.9 Å². The van der Waals surface area contributed by atoms with Crippen molar-refractivity contribution in [2.24, 2.45) is 0 Å². The van der Waals surface area contributed by atoms with E-state index in [0.717, 1.165) is 5.56 Å². The van der Waals surface area contributed by atoms with Crippen molar-refractivity contribution in [3.8, 4) is 11.5 Å². The molecule has 0 saturated carbocycles. The Morgan fingerprint density at radius 3 is 2.32 bits per heavy atom. The van der Waals surface area contributed by atoms with Crippen LogP contribution >= 0.6 is 0 Å². The Bertz CT molecular complexity index is 1170. The number of aromatic nitrogens is 2. The molecule has 0 aliphatic rings. The minimum Gasteiger partial charge on any atom is -0.489 e. The van der Waals surface area contributed by atoms with Gasteiger partial charge in [-0.25, -0.2) is 0 Å². The average Bonchev–Trinajstić information content (AvgIpc) is 3.30. The van der Waals surface area contributed by atoms with Crippen molar-refractivity contribution in [2.45, 2.75) is 78.4 Å². The lowest BCUT2D eigenvalue weighted by atomic mass is 10.1. The number of benzene rings is 2. The van der Waals surface area contributed by atoms with E-state index in [9.17, 15) is 4.79 Å². The van der Waals surface area contributed by atoms with Crippen molar-refractivity contribution in [2.75, 3.05) is 11.9 Å². The number of nitrogens with zero attached hydrogens (tertiary/aromatic N) is 2. The zero-order valence-electron chi connectivity index (χ0n) is 23.4. The first-order chi connectivity index (χ1) is 17.3. The largest absolute Gasteiger partial charge is 0.489 e. The summed E-state index contributed by atoms with van der Waals surface area (Å²) in [7, 11) is -1.90. The van der Waals surface area contributed by atoms with Gasteiger partial charge in [-0.15, -0.1) is 0 Å². The molecular formula is C29H41N3O4Si. The third-order valence-corrected chi connectivity index (χ3v) is 11.1. The summed E-state index contributed by atoms with van der Waals surface area (Å²) in [6.45, 7) is 18.0. The van der Waals surface area contributed by atoms with E-state index < -0.39 is 8.32 Å². The standard InChI is InChI=1S/C29H41N3O4Si/c1-21(2)32-15-14-27(31-32)30-28(33)24-16-25(34-20-23-12-10-9-11-13-23)18-26(17-24)36-22(3)19-35-37(7,8)29(4,5)6/h9-18,21-22H,19-20H2,1-8H3,(H,30,31,33)/t22-/m0/s1. The lowest BCUT2D eigenvalue weighted by Gasteiger charge is -2.36. The Hall–Kier alpha value is -3.10. The fourth-order valence-electron chi connectivity index (χ4n) is 3.28. The molecule has 1 atom stereocenters. The van der Waals surface area contributed by atoms with Gasteiger partial charge in [0.25, 0.3) is 5.91 Å². The lowest BCUT2D eigenvalue weighted by molar-refractivity contribution is 0.102. The second-order valence-electron chi connectivity index (χ2n) is 11.2. The average molecular weight is 524 g/mol. The molecule has 0 fully saturated rings. The summed E-state index contributed by atoms with van der Waals surface area (Å²) in [5, 5.41) is 7.41. The molecule has 1 aromatic heterocycles. The number of hydrogen-bond acceptors (Lipinski definition) is 5. The number of carbonyl (C=O) groups is 1. The monoisotopic (exact) mass is 523 g/mol. The lowest BCUT2D eigenvalue weighted by Crippen LogP contribution is -2.43. The van der Waals surface area contributed by atoms with Crippen molar-refractivity contribution < 1.29 is 18.7 Å². The number of carbonyl (C=O) groups excluding carboxylic acids is 1. The molecule has 3 rings (SSSR count). The smallest absolute Gasteiger partial charge is 0.257 e. The van der Waals surface area contributed by atoms with Gasteiger partial charge in [-0.05, 0) is 56.6 Å². The Morgan fingerprint density at radius 2 is 1.70 bits per heavy atom. The van der Waals surface area contributed by atoms with Crippen LogP contribution in [0.2, 0.25) is 18.1 Å². The number of nitrogens with one attached hydrogen (secondary N) is 1. The second kappa shape index (κ2) is 12.0. The van der Waals surface area contributed by atoms with Crippen LogP contribution in [0.15, 0.2) is 60.8 Å². The highest BCUT2D eigenvalue weighted by atomic mass is 28.4. The first-order valence-electron chi connectivity index (χ1n) is 12.8. The second-order valence-corrected chi connectivity index (χ2v) is 16.0. The molecule has 0 saturated heterocycles. The van der Waals surface area contributed by atoms with Crippen LogP contribution in [0, 0.1) is 0 Å². The molecule has 1 N–H and O–H groups in total. The molecule has 1 heterocycles. The van der Waals surface area contributed by atoms with Crippen molar-refractivity contribution in [1.29, 1.82) is 0 Å². The Morgan fingerprint density at radius 1 is 1.03 bits per heavy atom. The predicted octanol–water partition coefficient (Wildman–Crippen LogP) is 7.08. The van der Waals surface area contributed by atoms with E-state index >= 15 is 0 Å². The van der Waals surface area contributed by atoms with Crippen LogP contribution in [-0.4, -0.2) is 36.7 Å². The molecule has 37 heavy (non-hydrogen) atoms. The maximum atomic E-state index is 13.1. The molecule has 7 nitrogen and oxygen atoms in total. The zero-order valence-corrected chi connectivity index (χ0v) is 24.4. The minimum absolute atomic E-state index is 0.117. The minimum atomic E-state index is -1.90. The van der Waals surface area contributed by atoms with Crippen LogP contribution in [-0.2, 0) is 11.0 Å². The Labute approximate surface area is 222 Å². The van der Waals surface area contributed by atoms with Crippen molar-refractivity contribution in [3.63, 3.8) is 0 Å². The van der Waals surface area contributed by atoms with Gasteiger partial charge in [-0.2, -0.15) is 5.10 Å². The molecule has 1 amide bonds. The van der Waals surface area contributed by atoms with E-state index in [0.29, 0.717) is 36.1 Å². The zero-order chi connectivity index (χ0) is 27.2. The number of ether oxygens (including phenoxy) is 2. The quantitative estimate of drug-likeness (QED) is 0.272. The van der Waals surface area contributed by atoms with Gasteiger partial charge in [0.1, 0.15) is 24.2 Å². The summed E-state index contributed by atoms with van der Waals surface area (Å²) >= 11 is 0. The van der Waals surface area contributed by atoms with E-state index in [-0.39, 0.29) is 23.1 Å². The van der Waals surface area contributed by atoms with Gasteiger partial charge >= 0.3 is 0 Å². The summed E-state index contributed by atoms with van der Waals surface area (Å²) in [4.78, 5) is 13.1. The first-order valence-corrected chi connectivity index (χ1v) is 15.7. The highest BCUT2D eigenvalue weighted by Gasteiger charge is 2.37. The van der Waals surface area contributed by atoms with Crippen LogP contribution in [0.5, 0.6) is 11.5 Å². The third-order valence-electron chi connectivity index (χ3n) is 6.59. The molecule has 0 aliphatic carbocycles. The molecule has 200 valence electrons. The summed E-state index contributed by atoms with van der Waals surface area (Å²) in [6.07, 6.45) is 1.65. The highest BCUT2D eigenvalue weighted by molar-refractivity contribution is 6.74. The topological polar surface area (TPSA) is 74.6 Å². The van der Waals surface area contributed by atoms with Gasteiger partial charge in [-0.3, -0.25) is 9.48 Å². The van der Waals surface area contributed by atoms with Gasteiger partial charge in [0.05, 0.1) is 6.61 Å². The molecular weight excluding hydrogens is 482 g/mol. The summed E-state index contributed by atoms with van der Waals surface area (Å²) < 4.78 is 20.4. The molecule has 0 aliphatic heterocycles. The maximum Gasteiger partial charge on any atom is 0.257 e. The first kappa shape index (κ1) is 28.5. The fraction of sp³-hybridized carbons (Fsp3) is 0.448. The molecule has 0 bridgehead atoms. The van der Waals surface area contributed by atoms with E-state index in [2.05, 4.69) is 44.3 Å². The molecule has 3 aromatic rings. The van der Waals surface area contributed by atoms with Gasteiger partial charge in [0, 0.05) is 29.9 Å². The number of hydrogen-bond donors (Lipinski definition) is 1. The predicted molar refractivity (Wildman–Crippen MR) is 151 cm³/mol. The summed E-state index contributed by atoms with van der Waals surface area (Å²) in [5.74, 6) is 1.31. The molecule has 8 heteroatoms. The Kier molecular flexibility index (Phi) is 9.20. The van der Waals surface area contributed by atoms with Gasteiger partial charge in [-0.1, -0.05) is 51.1 Å². The Balaban J connectivity index is 1.77. The van der Waals surface area contributed by atoms with Gasteiger partial charge < -0.3 is 19.2 Å². The van der Waals surface area contributed by atoms with Gasteiger partial charge in [0.15, 0.2) is 14.1 Å². The summed E-state index contributed by atoms with van der Waals surface area (Å²) in [5.41, 5.74) is 1.47. The SMILES string of the molecule is CC(C)n1ccc(NC(=O)c2cc(OCc3ccccc3)cc(O[C@@H](C)CO[Si](C)(C)C(C)(C)C)c2)n1. The van der Waals surface area contributed by atoms with Crippen molar-refractivity contribution in [1.82, 2.24) is 9.78 Å². The fourth-order valence-corrected chi connectivity index (χ4v) is 4.37. The van der Waals surface area contributed by atoms with Crippen molar-refractivity contribution >= 4 is 20.0 Å². The molecule has 0 unspecified atom stereocenters. The van der Waals surface area contributed by atoms with E-state index in [1.165, 1.54) is 0 Å². The van der Waals surface area contributed by atoms with Gasteiger partial charge in [0.2, 0.25) is 0 Å². The maximum absolute atomic E-state index is 13.1. The number of amides is 1. The number of rotatable bonds is 11. The normalized spacial score (nSPS) is 12.9. The van der Waals surface area contributed by atoms with E-state index in [4.69, 9.17) is 13.9 Å². The van der Waals surface area contributed by atoms with Crippen LogP contribution in [0.4, 0.5) is 5.82 Å². The molecule has 0 radical (unpaired) electrons. The van der Waals surface area contributed by atoms with E-state index in [1.807, 2.05) is 63.4 Å². The molecule has 0 spiro atoms.